The van der Waals surface area contributed by atoms with Gasteiger partial charge in [-0.3, -0.25) is 4.98 Å². The van der Waals surface area contributed by atoms with Crippen molar-refractivity contribution < 1.29 is 9.47 Å². The fourth-order valence-corrected chi connectivity index (χ4v) is 1.89. The topological polar surface area (TPSA) is 43.4 Å². The minimum Gasteiger partial charge on any atom is -0.497 e. The number of ether oxygens (including phenoxy) is 2. The third-order valence-corrected chi connectivity index (χ3v) is 2.85. The SMILES string of the molecule is COCC(Cl)CCNCc1cc(OC)cc(C)n1. The van der Waals surface area contributed by atoms with Crippen LogP contribution in [0.5, 0.6) is 5.75 Å². The molecule has 0 aromatic carbocycles. The van der Waals surface area contributed by atoms with Crippen molar-refractivity contribution in [1.29, 1.82) is 0 Å². The second kappa shape index (κ2) is 8.29. The molecule has 1 rings (SSSR count). The number of alkyl halides is 1. The van der Waals surface area contributed by atoms with Crippen LogP contribution in [-0.4, -0.2) is 37.7 Å². The molecule has 0 aliphatic carbocycles. The normalized spacial score (nSPS) is 12.4. The number of hydrogen-bond donors (Lipinski definition) is 1. The molecule has 1 N–H and O–H groups in total. The van der Waals surface area contributed by atoms with Crippen molar-refractivity contribution in [2.45, 2.75) is 25.3 Å². The van der Waals surface area contributed by atoms with Crippen LogP contribution in [-0.2, 0) is 11.3 Å². The zero-order chi connectivity index (χ0) is 13.4. The van der Waals surface area contributed by atoms with Crippen molar-refractivity contribution >= 4 is 11.6 Å². The van der Waals surface area contributed by atoms with E-state index in [0.29, 0.717) is 13.2 Å². The Morgan fingerprint density at radius 3 is 2.83 bits per heavy atom. The Morgan fingerprint density at radius 2 is 2.17 bits per heavy atom. The summed E-state index contributed by atoms with van der Waals surface area (Å²) in [5.41, 5.74) is 1.94. The van der Waals surface area contributed by atoms with Crippen LogP contribution in [0.15, 0.2) is 12.1 Å². The maximum atomic E-state index is 6.03. The molecule has 4 nitrogen and oxygen atoms in total. The summed E-state index contributed by atoms with van der Waals surface area (Å²) < 4.78 is 10.2. The fraction of sp³-hybridized carbons (Fsp3) is 0.615. The second-order valence-corrected chi connectivity index (χ2v) is 4.77. The number of nitrogens with zero attached hydrogens (tertiary/aromatic N) is 1. The first kappa shape index (κ1) is 15.2. The van der Waals surface area contributed by atoms with Gasteiger partial charge < -0.3 is 14.8 Å². The lowest BCUT2D eigenvalue weighted by atomic mass is 10.2. The van der Waals surface area contributed by atoms with Crippen molar-refractivity contribution in [2.75, 3.05) is 27.4 Å². The van der Waals surface area contributed by atoms with E-state index in [2.05, 4.69) is 10.3 Å². The van der Waals surface area contributed by atoms with Crippen LogP contribution in [0.2, 0.25) is 0 Å². The predicted octanol–water partition coefficient (Wildman–Crippen LogP) is 2.13. The van der Waals surface area contributed by atoms with E-state index in [0.717, 1.165) is 30.1 Å². The molecule has 0 amide bonds. The molecule has 0 bridgehead atoms. The lowest BCUT2D eigenvalue weighted by molar-refractivity contribution is 0.195. The van der Waals surface area contributed by atoms with Crippen LogP contribution in [0, 0.1) is 6.92 Å². The van der Waals surface area contributed by atoms with E-state index in [1.54, 1.807) is 14.2 Å². The summed E-state index contributed by atoms with van der Waals surface area (Å²) in [6.45, 7) is 4.10. The van der Waals surface area contributed by atoms with Crippen LogP contribution in [0.25, 0.3) is 0 Å². The minimum absolute atomic E-state index is 0.0579. The molecular formula is C13H21ClN2O2. The van der Waals surface area contributed by atoms with E-state index < -0.39 is 0 Å². The summed E-state index contributed by atoms with van der Waals surface area (Å²) in [6, 6.07) is 3.85. The molecule has 0 fully saturated rings. The molecule has 0 spiro atoms. The molecule has 0 saturated carbocycles. The third kappa shape index (κ3) is 5.67. The number of nitrogens with one attached hydrogen (secondary N) is 1. The quantitative estimate of drug-likeness (QED) is 0.582. The van der Waals surface area contributed by atoms with E-state index in [4.69, 9.17) is 21.1 Å². The van der Waals surface area contributed by atoms with E-state index in [9.17, 15) is 0 Å². The van der Waals surface area contributed by atoms with Crippen LogP contribution < -0.4 is 10.1 Å². The van der Waals surface area contributed by atoms with Gasteiger partial charge in [0.05, 0.1) is 24.8 Å². The van der Waals surface area contributed by atoms with Crippen molar-refractivity contribution in [3.05, 3.63) is 23.5 Å². The number of aryl methyl sites for hydroxylation is 1. The van der Waals surface area contributed by atoms with Gasteiger partial charge in [0.25, 0.3) is 0 Å². The third-order valence-electron chi connectivity index (χ3n) is 2.50. The molecule has 1 heterocycles. The first-order chi connectivity index (χ1) is 8.65. The Balaban J connectivity index is 2.33. The van der Waals surface area contributed by atoms with Gasteiger partial charge in [-0.25, -0.2) is 0 Å². The Labute approximate surface area is 114 Å². The molecule has 0 radical (unpaired) electrons. The Kier molecular flexibility index (Phi) is 7.01. The monoisotopic (exact) mass is 272 g/mol. The van der Waals surface area contributed by atoms with Gasteiger partial charge in [-0.05, 0) is 19.9 Å². The molecule has 18 heavy (non-hydrogen) atoms. The standard InChI is InChI=1S/C13H21ClN2O2/c1-10-6-13(18-3)7-12(16-10)8-15-5-4-11(14)9-17-2/h6-7,11,15H,4-5,8-9H2,1-3H3. The molecule has 1 unspecified atom stereocenters. The summed E-state index contributed by atoms with van der Waals surface area (Å²) in [6.07, 6.45) is 0.873. The Hall–Kier alpha value is -0.840. The minimum atomic E-state index is 0.0579. The van der Waals surface area contributed by atoms with Gasteiger partial charge in [0, 0.05) is 31.5 Å². The average Bonchev–Trinajstić information content (AvgIpc) is 2.34. The molecule has 1 aromatic rings. The predicted molar refractivity (Wildman–Crippen MR) is 73.4 cm³/mol. The van der Waals surface area contributed by atoms with E-state index >= 15 is 0 Å². The largest absolute Gasteiger partial charge is 0.497 e. The first-order valence-corrected chi connectivity index (χ1v) is 6.44. The number of methoxy groups -OCH3 is 2. The Morgan fingerprint density at radius 1 is 1.39 bits per heavy atom. The zero-order valence-corrected chi connectivity index (χ0v) is 12.0. The molecular weight excluding hydrogens is 252 g/mol. The van der Waals surface area contributed by atoms with Gasteiger partial charge in [-0.1, -0.05) is 0 Å². The number of rotatable bonds is 8. The van der Waals surface area contributed by atoms with Gasteiger partial charge in [0.15, 0.2) is 0 Å². The highest BCUT2D eigenvalue weighted by Gasteiger charge is 2.04. The number of pyridine rings is 1. The summed E-state index contributed by atoms with van der Waals surface area (Å²) in [4.78, 5) is 4.43. The van der Waals surface area contributed by atoms with Crippen molar-refractivity contribution in [1.82, 2.24) is 10.3 Å². The van der Waals surface area contributed by atoms with E-state index in [-0.39, 0.29) is 5.38 Å². The summed E-state index contributed by atoms with van der Waals surface area (Å²) in [7, 11) is 3.32. The fourth-order valence-electron chi connectivity index (χ4n) is 1.65. The van der Waals surface area contributed by atoms with Gasteiger partial charge in [0.2, 0.25) is 0 Å². The van der Waals surface area contributed by atoms with Gasteiger partial charge in [-0.2, -0.15) is 0 Å². The molecule has 0 saturated heterocycles. The van der Waals surface area contributed by atoms with Crippen LogP contribution in [0.3, 0.4) is 0 Å². The summed E-state index contributed by atoms with van der Waals surface area (Å²) in [5, 5.41) is 3.37. The zero-order valence-electron chi connectivity index (χ0n) is 11.2. The van der Waals surface area contributed by atoms with Crippen LogP contribution in [0.4, 0.5) is 0 Å². The van der Waals surface area contributed by atoms with Crippen molar-refractivity contribution in [2.24, 2.45) is 0 Å². The summed E-state index contributed by atoms with van der Waals surface area (Å²) in [5.74, 6) is 0.842. The highest BCUT2D eigenvalue weighted by atomic mass is 35.5. The van der Waals surface area contributed by atoms with Crippen molar-refractivity contribution in [3.8, 4) is 5.75 Å². The lowest BCUT2D eigenvalue weighted by Crippen LogP contribution is -2.20. The molecule has 1 aromatic heterocycles. The maximum absolute atomic E-state index is 6.03. The number of aromatic nitrogens is 1. The first-order valence-electron chi connectivity index (χ1n) is 6.01. The van der Waals surface area contributed by atoms with Crippen molar-refractivity contribution in [3.63, 3.8) is 0 Å². The van der Waals surface area contributed by atoms with Crippen LogP contribution in [0.1, 0.15) is 17.8 Å². The van der Waals surface area contributed by atoms with E-state index in [1.807, 2.05) is 19.1 Å². The average molecular weight is 273 g/mol. The highest BCUT2D eigenvalue weighted by molar-refractivity contribution is 6.20. The van der Waals surface area contributed by atoms with E-state index in [1.165, 1.54) is 0 Å². The second-order valence-electron chi connectivity index (χ2n) is 4.16. The molecule has 0 aliphatic heterocycles. The molecule has 1 atom stereocenters. The van der Waals surface area contributed by atoms with Gasteiger partial charge in [-0.15, -0.1) is 11.6 Å². The molecule has 5 heteroatoms. The molecule has 102 valence electrons. The molecule has 0 aliphatic rings. The lowest BCUT2D eigenvalue weighted by Gasteiger charge is -2.10. The Bertz CT molecular complexity index is 361. The smallest absolute Gasteiger partial charge is 0.122 e. The number of halogens is 1. The number of hydrogen-bond acceptors (Lipinski definition) is 4. The maximum Gasteiger partial charge on any atom is 0.122 e. The highest BCUT2D eigenvalue weighted by Crippen LogP contribution is 2.13. The summed E-state index contributed by atoms with van der Waals surface area (Å²) >= 11 is 6.03. The van der Waals surface area contributed by atoms with Gasteiger partial charge >= 0.3 is 0 Å². The van der Waals surface area contributed by atoms with Crippen LogP contribution >= 0.6 is 11.6 Å². The van der Waals surface area contributed by atoms with Gasteiger partial charge in [0.1, 0.15) is 5.75 Å².